The fourth-order valence-corrected chi connectivity index (χ4v) is 6.97. The fraction of sp³-hybridized carbons (Fsp3) is 0.125. The van der Waals surface area contributed by atoms with Crippen molar-refractivity contribution in [2.45, 2.75) is 16.1 Å². The van der Waals surface area contributed by atoms with Crippen molar-refractivity contribution in [2.24, 2.45) is 0 Å². The number of fused-ring (bicyclic) bond motifs is 1. The lowest BCUT2D eigenvalue weighted by Gasteiger charge is -2.22. The minimum Gasteiger partial charge on any atom is -0.508 e. The van der Waals surface area contributed by atoms with Gasteiger partial charge in [0.1, 0.15) is 11.5 Å². The number of hydrogen-bond donors (Lipinski definition) is 2. The van der Waals surface area contributed by atoms with Gasteiger partial charge in [-0.3, -0.25) is 14.5 Å². The Morgan fingerprint density at radius 1 is 0.930 bits per heavy atom. The van der Waals surface area contributed by atoms with E-state index in [9.17, 15) is 19.8 Å². The maximum absolute atomic E-state index is 13.5. The molecule has 0 aliphatic carbocycles. The molecule has 6 rings (SSSR count). The molecule has 1 atom stereocenters. The van der Waals surface area contributed by atoms with E-state index in [0.717, 1.165) is 16.3 Å². The van der Waals surface area contributed by atoms with Crippen molar-refractivity contribution in [3.05, 3.63) is 107 Å². The number of phenols is 1. The van der Waals surface area contributed by atoms with E-state index in [4.69, 9.17) is 9.47 Å². The maximum atomic E-state index is 13.5. The number of methoxy groups -OCH3 is 2. The van der Waals surface area contributed by atoms with Crippen LogP contribution in [-0.4, -0.2) is 46.3 Å². The lowest BCUT2D eigenvalue weighted by molar-refractivity contribution is -0.132. The van der Waals surface area contributed by atoms with E-state index in [0.29, 0.717) is 27.2 Å². The average Bonchev–Trinajstić information content (AvgIpc) is 3.60. The van der Waals surface area contributed by atoms with Gasteiger partial charge in [-0.2, -0.15) is 0 Å². The zero-order valence-corrected chi connectivity index (χ0v) is 24.7. The van der Waals surface area contributed by atoms with E-state index in [1.807, 2.05) is 18.2 Å². The molecule has 2 heterocycles. The van der Waals surface area contributed by atoms with Crippen LogP contribution in [0.1, 0.15) is 22.7 Å². The number of phenolic OH excluding ortho intramolecular Hbond substituents is 1. The van der Waals surface area contributed by atoms with Crippen LogP contribution in [0.25, 0.3) is 16.5 Å². The number of anilines is 1. The summed E-state index contributed by atoms with van der Waals surface area (Å²) in [7, 11) is 2.94. The molecular weight excluding hydrogens is 587 g/mol. The molecular formula is C32H25N3O6S2. The summed E-state index contributed by atoms with van der Waals surface area (Å²) in [4.78, 5) is 28.3. The summed E-state index contributed by atoms with van der Waals surface area (Å²) in [6.45, 7) is 0. The number of thioether (sulfide) groups is 1. The Kier molecular flexibility index (Phi) is 7.75. The first-order chi connectivity index (χ1) is 20.9. The average molecular weight is 612 g/mol. The molecule has 0 spiro atoms. The Morgan fingerprint density at radius 2 is 1.70 bits per heavy atom. The molecule has 9 nitrogen and oxygen atoms in total. The van der Waals surface area contributed by atoms with Crippen LogP contribution in [0.2, 0.25) is 0 Å². The molecule has 0 saturated carbocycles. The van der Waals surface area contributed by atoms with Crippen molar-refractivity contribution in [1.82, 2.24) is 10.2 Å². The minimum atomic E-state index is -1.07. The third kappa shape index (κ3) is 5.28. The zero-order valence-electron chi connectivity index (χ0n) is 23.1. The summed E-state index contributed by atoms with van der Waals surface area (Å²) in [5, 5.41) is 32.8. The van der Waals surface area contributed by atoms with Crippen LogP contribution in [0.15, 0.2) is 94.8 Å². The minimum absolute atomic E-state index is 0.0576. The van der Waals surface area contributed by atoms with Gasteiger partial charge in [0.2, 0.25) is 5.13 Å². The quantitative estimate of drug-likeness (QED) is 0.0681. The Balaban J connectivity index is 1.38. The molecule has 11 heteroatoms. The van der Waals surface area contributed by atoms with Gasteiger partial charge in [0.25, 0.3) is 5.78 Å². The van der Waals surface area contributed by atoms with Gasteiger partial charge in [0.05, 0.1) is 25.8 Å². The monoisotopic (exact) mass is 611 g/mol. The molecule has 1 aliphatic rings. The van der Waals surface area contributed by atoms with E-state index >= 15 is 0 Å². The van der Waals surface area contributed by atoms with Crippen LogP contribution >= 0.6 is 23.1 Å². The molecule has 0 radical (unpaired) electrons. The Bertz CT molecular complexity index is 1900. The van der Waals surface area contributed by atoms with Crippen LogP contribution in [0.3, 0.4) is 0 Å². The fourth-order valence-electron chi connectivity index (χ4n) is 5.10. The molecule has 0 bridgehead atoms. The molecule has 1 fully saturated rings. The molecule has 43 heavy (non-hydrogen) atoms. The van der Waals surface area contributed by atoms with E-state index in [2.05, 4.69) is 34.5 Å². The van der Waals surface area contributed by atoms with Crippen LogP contribution in [-0.2, 0) is 15.3 Å². The second-order valence-corrected chi connectivity index (χ2v) is 11.8. The smallest absolute Gasteiger partial charge is 0.301 e. The molecule has 2 N–H and O–H groups in total. The van der Waals surface area contributed by atoms with E-state index in [1.54, 1.807) is 24.3 Å². The lowest BCUT2D eigenvalue weighted by atomic mass is 9.95. The summed E-state index contributed by atoms with van der Waals surface area (Å²) in [5.41, 5.74) is 1.66. The van der Waals surface area contributed by atoms with Crippen molar-refractivity contribution in [2.75, 3.05) is 19.1 Å². The van der Waals surface area contributed by atoms with Gasteiger partial charge in [-0.15, -0.1) is 10.2 Å². The first kappa shape index (κ1) is 28.3. The zero-order chi connectivity index (χ0) is 30.1. The van der Waals surface area contributed by atoms with Crippen molar-refractivity contribution in [3.8, 4) is 17.2 Å². The predicted octanol–water partition coefficient (Wildman–Crippen LogP) is 6.33. The van der Waals surface area contributed by atoms with Crippen LogP contribution in [0, 0.1) is 0 Å². The lowest BCUT2D eigenvalue weighted by Crippen LogP contribution is -2.29. The second-order valence-electron chi connectivity index (χ2n) is 9.61. The number of carbonyl (C=O) groups is 2. The van der Waals surface area contributed by atoms with Gasteiger partial charge in [0.15, 0.2) is 15.8 Å². The van der Waals surface area contributed by atoms with Gasteiger partial charge < -0.3 is 19.7 Å². The highest BCUT2D eigenvalue weighted by atomic mass is 32.2. The highest BCUT2D eigenvalue weighted by molar-refractivity contribution is 8.00. The molecule has 1 aromatic heterocycles. The number of amides is 1. The number of aromatic nitrogens is 2. The summed E-state index contributed by atoms with van der Waals surface area (Å²) in [5.74, 6) is -0.802. The van der Waals surface area contributed by atoms with Gasteiger partial charge in [0, 0.05) is 11.3 Å². The highest BCUT2D eigenvalue weighted by Crippen LogP contribution is 2.45. The third-order valence-corrected chi connectivity index (χ3v) is 9.22. The number of ketones is 1. The van der Waals surface area contributed by atoms with E-state index in [1.165, 1.54) is 60.4 Å². The largest absolute Gasteiger partial charge is 0.508 e. The molecule has 1 aliphatic heterocycles. The SMILES string of the molecule is COc1ccc(C(O)=C2C(=O)C(=O)N(c3nnc(SCc4cccc5ccccc45)s3)[C@H]2c2cccc(O)c2)cc1OC. The number of ether oxygens (including phenoxy) is 2. The number of aliphatic hydroxyl groups excluding tert-OH is 1. The molecule has 0 unspecified atom stereocenters. The molecule has 216 valence electrons. The maximum Gasteiger partial charge on any atom is 0.301 e. The van der Waals surface area contributed by atoms with Crippen LogP contribution in [0.4, 0.5) is 5.13 Å². The molecule has 4 aromatic carbocycles. The van der Waals surface area contributed by atoms with E-state index in [-0.39, 0.29) is 22.0 Å². The van der Waals surface area contributed by atoms with Gasteiger partial charge in [-0.05, 0) is 52.2 Å². The Labute approximate surface area is 255 Å². The summed E-state index contributed by atoms with van der Waals surface area (Å²) in [6, 6.07) is 24.1. The standard InChI is InChI=1S/C32H25N3O6S2/c1-40-24-14-13-20(16-25(24)41-2)28(37)26-27(19-9-6-11-22(36)15-19)35(30(39)29(26)38)31-33-34-32(43-31)42-17-21-10-5-8-18-7-3-4-12-23(18)21/h3-16,27,36-37H,17H2,1-2H3/t27-/m0/s1. The Morgan fingerprint density at radius 3 is 2.49 bits per heavy atom. The van der Waals surface area contributed by atoms with E-state index < -0.39 is 23.5 Å². The Hall–Kier alpha value is -4.87. The topological polar surface area (TPSA) is 122 Å². The number of aliphatic hydroxyl groups is 1. The first-order valence-corrected chi connectivity index (χ1v) is 14.9. The number of carbonyl (C=O) groups excluding carboxylic acids is 2. The third-order valence-electron chi connectivity index (χ3n) is 7.12. The number of aromatic hydroxyl groups is 1. The summed E-state index contributed by atoms with van der Waals surface area (Å²) in [6.07, 6.45) is 0. The number of hydrogen-bond acceptors (Lipinski definition) is 10. The van der Waals surface area contributed by atoms with Crippen molar-refractivity contribution < 1.29 is 29.3 Å². The summed E-state index contributed by atoms with van der Waals surface area (Å²) < 4.78 is 11.3. The predicted molar refractivity (Wildman–Crippen MR) is 166 cm³/mol. The van der Waals surface area contributed by atoms with Crippen LogP contribution in [0.5, 0.6) is 17.2 Å². The van der Waals surface area contributed by atoms with Crippen molar-refractivity contribution >= 4 is 56.5 Å². The molecule has 1 saturated heterocycles. The second kappa shape index (κ2) is 11.8. The number of rotatable bonds is 8. The van der Waals surface area contributed by atoms with Gasteiger partial charge in [-0.1, -0.05) is 77.7 Å². The first-order valence-electron chi connectivity index (χ1n) is 13.1. The molecule has 5 aromatic rings. The number of Topliss-reactive ketones (excluding diaryl/α,β-unsaturated/α-hetero) is 1. The van der Waals surface area contributed by atoms with Gasteiger partial charge in [-0.25, -0.2) is 0 Å². The summed E-state index contributed by atoms with van der Waals surface area (Å²) >= 11 is 2.65. The van der Waals surface area contributed by atoms with Gasteiger partial charge >= 0.3 is 5.91 Å². The van der Waals surface area contributed by atoms with Crippen LogP contribution < -0.4 is 14.4 Å². The number of benzene rings is 4. The van der Waals surface area contributed by atoms with Crippen molar-refractivity contribution in [3.63, 3.8) is 0 Å². The molecule has 1 amide bonds. The highest BCUT2D eigenvalue weighted by Gasteiger charge is 2.48. The van der Waals surface area contributed by atoms with Crippen molar-refractivity contribution in [1.29, 1.82) is 0 Å². The number of nitrogens with zero attached hydrogens (tertiary/aromatic N) is 3. The normalized spacial score (nSPS) is 16.1.